The van der Waals surface area contributed by atoms with E-state index in [1.165, 1.54) is 11.8 Å². The second kappa shape index (κ2) is 8.28. The van der Waals surface area contributed by atoms with E-state index in [0.717, 1.165) is 21.2 Å². The smallest absolute Gasteiger partial charge is 0.230 e. The summed E-state index contributed by atoms with van der Waals surface area (Å²) < 4.78 is 0. The fourth-order valence-electron chi connectivity index (χ4n) is 1.95. The van der Waals surface area contributed by atoms with Crippen LogP contribution in [0.2, 0.25) is 5.02 Å². The highest BCUT2D eigenvalue weighted by Crippen LogP contribution is 2.23. The Morgan fingerprint density at radius 1 is 1.12 bits per heavy atom. The number of thiophene rings is 1. The lowest BCUT2D eigenvalue weighted by Gasteiger charge is -2.05. The summed E-state index contributed by atoms with van der Waals surface area (Å²) >= 11 is 8.83. The van der Waals surface area contributed by atoms with Crippen molar-refractivity contribution in [2.45, 2.75) is 11.6 Å². The second-order valence-corrected chi connectivity index (χ2v) is 7.31. The van der Waals surface area contributed by atoms with Gasteiger partial charge in [-0.15, -0.1) is 21.5 Å². The van der Waals surface area contributed by atoms with Gasteiger partial charge in [0.25, 0.3) is 0 Å². The van der Waals surface area contributed by atoms with Gasteiger partial charge in [-0.05, 0) is 41.3 Å². The van der Waals surface area contributed by atoms with E-state index in [2.05, 4.69) is 15.5 Å². The lowest BCUT2D eigenvalue weighted by molar-refractivity contribution is -0.118. The molecule has 0 fully saturated rings. The van der Waals surface area contributed by atoms with Crippen LogP contribution in [0.15, 0.2) is 58.9 Å². The van der Waals surface area contributed by atoms with Crippen LogP contribution in [0.3, 0.4) is 0 Å². The summed E-state index contributed by atoms with van der Waals surface area (Å²) in [7, 11) is 0. The molecule has 0 spiro atoms. The third-order valence-corrected chi connectivity index (χ3v) is 5.23. The number of benzene rings is 1. The summed E-state index contributed by atoms with van der Waals surface area (Å²) in [4.78, 5) is 13.0. The first-order valence-corrected chi connectivity index (χ1v) is 9.46. The molecular weight excluding hydrogens is 362 g/mol. The van der Waals surface area contributed by atoms with Gasteiger partial charge < -0.3 is 5.32 Å². The van der Waals surface area contributed by atoms with Gasteiger partial charge in [0.1, 0.15) is 10.7 Å². The Morgan fingerprint density at radius 3 is 2.62 bits per heavy atom. The van der Waals surface area contributed by atoms with Gasteiger partial charge in [-0.25, -0.2) is 0 Å². The maximum atomic E-state index is 11.9. The van der Waals surface area contributed by atoms with Gasteiger partial charge in [-0.1, -0.05) is 41.6 Å². The van der Waals surface area contributed by atoms with Gasteiger partial charge in [0.05, 0.1) is 10.6 Å². The number of nitrogens with zero attached hydrogens (tertiary/aromatic N) is 2. The molecule has 24 heavy (non-hydrogen) atoms. The van der Waals surface area contributed by atoms with Crippen LogP contribution in [0.5, 0.6) is 0 Å². The maximum Gasteiger partial charge on any atom is 0.230 e. The Hall–Kier alpha value is -1.89. The molecule has 2 aromatic heterocycles. The summed E-state index contributed by atoms with van der Waals surface area (Å²) in [5, 5.41) is 14.7. The van der Waals surface area contributed by atoms with Crippen LogP contribution in [0, 0.1) is 0 Å². The molecule has 2 heterocycles. The van der Waals surface area contributed by atoms with E-state index in [0.29, 0.717) is 17.3 Å². The number of aromatic nitrogens is 2. The molecule has 0 aliphatic carbocycles. The summed E-state index contributed by atoms with van der Waals surface area (Å²) in [5.74, 6) is 0.264. The normalized spacial score (nSPS) is 10.5. The van der Waals surface area contributed by atoms with E-state index in [1.54, 1.807) is 11.3 Å². The third-order valence-electron chi connectivity index (χ3n) is 3.17. The summed E-state index contributed by atoms with van der Waals surface area (Å²) in [6.45, 7) is 0.486. The molecule has 0 saturated carbocycles. The Kier molecular flexibility index (Phi) is 5.85. The fraction of sp³-hybridized carbons (Fsp3) is 0.118. The first kappa shape index (κ1) is 17.0. The number of halogens is 1. The minimum absolute atomic E-state index is 0.0425. The molecule has 0 bridgehead atoms. The predicted molar refractivity (Wildman–Crippen MR) is 99.4 cm³/mol. The van der Waals surface area contributed by atoms with E-state index < -0.39 is 0 Å². The van der Waals surface area contributed by atoms with Crippen molar-refractivity contribution in [3.8, 4) is 10.6 Å². The Morgan fingerprint density at radius 2 is 1.96 bits per heavy atom. The van der Waals surface area contributed by atoms with Crippen molar-refractivity contribution in [2.75, 3.05) is 5.75 Å². The van der Waals surface area contributed by atoms with Gasteiger partial charge in [0.2, 0.25) is 5.91 Å². The number of amides is 1. The van der Waals surface area contributed by atoms with Crippen LogP contribution in [0.1, 0.15) is 5.56 Å². The fourth-order valence-corrected chi connectivity index (χ4v) is 3.41. The van der Waals surface area contributed by atoms with Crippen LogP contribution in [0.4, 0.5) is 0 Å². The van der Waals surface area contributed by atoms with Crippen LogP contribution in [-0.2, 0) is 11.3 Å². The van der Waals surface area contributed by atoms with Gasteiger partial charge in [-0.3, -0.25) is 4.79 Å². The molecule has 3 rings (SSSR count). The van der Waals surface area contributed by atoms with E-state index in [-0.39, 0.29) is 5.91 Å². The zero-order valence-corrected chi connectivity index (χ0v) is 15.0. The van der Waals surface area contributed by atoms with Gasteiger partial charge >= 0.3 is 0 Å². The quantitative estimate of drug-likeness (QED) is 0.654. The van der Waals surface area contributed by atoms with Crippen LogP contribution in [0.25, 0.3) is 10.6 Å². The number of hydrogen-bond acceptors (Lipinski definition) is 5. The van der Waals surface area contributed by atoms with Crippen molar-refractivity contribution < 1.29 is 4.79 Å². The number of hydrogen-bond donors (Lipinski definition) is 1. The zero-order chi connectivity index (χ0) is 16.8. The molecule has 3 aromatic rings. The number of carbonyl (C=O) groups excluding carboxylic acids is 1. The molecule has 0 radical (unpaired) electrons. The van der Waals surface area contributed by atoms with Gasteiger partial charge in [0.15, 0.2) is 0 Å². The van der Waals surface area contributed by atoms with Crippen molar-refractivity contribution in [3.63, 3.8) is 0 Å². The summed E-state index contributed by atoms with van der Waals surface area (Å²) in [6, 6.07) is 15.2. The van der Waals surface area contributed by atoms with Crippen LogP contribution in [-0.4, -0.2) is 21.9 Å². The molecule has 0 aliphatic rings. The van der Waals surface area contributed by atoms with Crippen molar-refractivity contribution in [1.29, 1.82) is 0 Å². The van der Waals surface area contributed by atoms with Gasteiger partial charge in [0, 0.05) is 11.6 Å². The Labute approximate surface area is 153 Å². The first-order valence-electron chi connectivity index (χ1n) is 7.22. The number of rotatable bonds is 6. The molecule has 0 unspecified atom stereocenters. The highest BCUT2D eigenvalue weighted by Gasteiger charge is 2.06. The molecule has 0 aliphatic heterocycles. The van der Waals surface area contributed by atoms with Crippen molar-refractivity contribution >= 4 is 40.6 Å². The maximum absolute atomic E-state index is 11.9. The number of thioether (sulfide) groups is 1. The highest BCUT2D eigenvalue weighted by molar-refractivity contribution is 7.99. The van der Waals surface area contributed by atoms with E-state index in [4.69, 9.17) is 11.6 Å². The van der Waals surface area contributed by atoms with Crippen molar-refractivity contribution in [3.05, 3.63) is 64.5 Å². The molecule has 122 valence electrons. The Bertz CT molecular complexity index is 790. The van der Waals surface area contributed by atoms with E-state index in [1.807, 2.05) is 53.9 Å². The van der Waals surface area contributed by atoms with Crippen molar-refractivity contribution in [2.24, 2.45) is 0 Å². The molecule has 4 nitrogen and oxygen atoms in total. The average molecular weight is 376 g/mol. The molecule has 0 saturated heterocycles. The topological polar surface area (TPSA) is 54.9 Å². The first-order chi connectivity index (χ1) is 11.7. The monoisotopic (exact) mass is 375 g/mol. The summed E-state index contributed by atoms with van der Waals surface area (Å²) in [5.41, 5.74) is 1.86. The second-order valence-electron chi connectivity index (χ2n) is 4.93. The van der Waals surface area contributed by atoms with Gasteiger partial charge in [-0.2, -0.15) is 0 Å². The minimum Gasteiger partial charge on any atom is -0.351 e. The lowest BCUT2D eigenvalue weighted by atomic mass is 10.2. The highest BCUT2D eigenvalue weighted by atomic mass is 35.5. The minimum atomic E-state index is -0.0425. The molecular formula is C17H14ClN3OS2. The average Bonchev–Trinajstić information content (AvgIpc) is 3.14. The lowest BCUT2D eigenvalue weighted by Crippen LogP contribution is -2.24. The number of carbonyl (C=O) groups is 1. The van der Waals surface area contributed by atoms with Crippen LogP contribution < -0.4 is 5.32 Å². The standard InChI is InChI=1S/C17H14ClN3OS2/c18-13-5-3-12(4-6-13)10-19-16(22)11-24-17-8-7-14(20-21-17)15-2-1-9-23-15/h1-9H,10-11H2,(H,19,22). The van der Waals surface area contributed by atoms with E-state index in [9.17, 15) is 4.79 Å². The molecule has 1 aromatic carbocycles. The molecule has 1 amide bonds. The predicted octanol–water partition coefficient (Wildman–Crippen LogP) is 4.27. The summed E-state index contributed by atoms with van der Waals surface area (Å²) in [6.07, 6.45) is 0. The van der Waals surface area contributed by atoms with Crippen molar-refractivity contribution in [1.82, 2.24) is 15.5 Å². The Balaban J connectivity index is 1.46. The van der Waals surface area contributed by atoms with Crippen LogP contribution >= 0.6 is 34.7 Å². The number of nitrogens with one attached hydrogen (secondary N) is 1. The third kappa shape index (κ3) is 4.80. The zero-order valence-electron chi connectivity index (χ0n) is 12.6. The molecule has 0 atom stereocenters. The van der Waals surface area contributed by atoms with E-state index >= 15 is 0 Å². The molecule has 7 heteroatoms. The largest absolute Gasteiger partial charge is 0.351 e. The molecule has 1 N–H and O–H groups in total. The SMILES string of the molecule is O=C(CSc1ccc(-c2cccs2)nn1)NCc1ccc(Cl)cc1.